The van der Waals surface area contributed by atoms with Crippen molar-refractivity contribution >= 4 is 14.0 Å². The van der Waals surface area contributed by atoms with Crippen LogP contribution in [0.3, 0.4) is 0 Å². The van der Waals surface area contributed by atoms with E-state index in [1.165, 1.54) is 17.5 Å². The summed E-state index contributed by atoms with van der Waals surface area (Å²) < 4.78 is 0. The summed E-state index contributed by atoms with van der Waals surface area (Å²) in [5, 5.41) is 0. The fourth-order valence-corrected chi connectivity index (χ4v) is 3.52. The van der Waals surface area contributed by atoms with E-state index in [-0.39, 0.29) is 0 Å². The van der Waals surface area contributed by atoms with Crippen LogP contribution < -0.4 is 0 Å². The molecule has 2 atom stereocenters. The van der Waals surface area contributed by atoms with Crippen molar-refractivity contribution in [2.24, 2.45) is 17.8 Å². The monoisotopic (exact) mass is 96.0 g/mol. The van der Waals surface area contributed by atoms with Crippen molar-refractivity contribution in [3.8, 4) is 0 Å². The Hall–Kier alpha value is 0.170. The van der Waals surface area contributed by atoms with Gasteiger partial charge in [-0.05, 0) is 17.8 Å². The highest BCUT2D eigenvalue weighted by Crippen LogP contribution is 2.77. The lowest BCUT2D eigenvalue weighted by Crippen LogP contribution is -1.87. The van der Waals surface area contributed by atoms with Gasteiger partial charge in [0.1, 0.15) is 0 Å². The van der Waals surface area contributed by atoms with Crippen LogP contribution in [0.4, 0.5) is 0 Å². The van der Waals surface area contributed by atoms with Gasteiger partial charge in [0.05, 0.1) is 0 Å². The Morgan fingerprint density at radius 3 is 2.33 bits per heavy atom. The van der Waals surface area contributed by atoms with Crippen molar-refractivity contribution in [1.82, 2.24) is 0 Å². The first-order valence-corrected chi connectivity index (χ1v) is 3.55. The van der Waals surface area contributed by atoms with Crippen LogP contribution >= 0.6 is 8.20 Å². The summed E-state index contributed by atoms with van der Waals surface area (Å²) >= 11 is 0. The first-order chi connectivity index (χ1) is 2.98. The van der Waals surface area contributed by atoms with Gasteiger partial charge < -0.3 is 0 Å². The van der Waals surface area contributed by atoms with Crippen molar-refractivity contribution < 1.29 is 0 Å². The van der Waals surface area contributed by atoms with Crippen molar-refractivity contribution in [1.29, 1.82) is 0 Å². The van der Waals surface area contributed by atoms with Crippen LogP contribution in [0.1, 0.15) is 0 Å². The first-order valence-electron chi connectivity index (χ1n) is 2.52. The van der Waals surface area contributed by atoms with Gasteiger partial charge in [0.25, 0.3) is 0 Å². The molecule has 0 aromatic carbocycles. The Bertz CT molecular complexity index is 115. The van der Waals surface area contributed by atoms with Crippen molar-refractivity contribution in [3.63, 3.8) is 0 Å². The second-order valence-corrected chi connectivity index (χ2v) is 3.71. The Labute approximate surface area is 38.4 Å². The second kappa shape index (κ2) is 0.448. The predicted octanol–water partition coefficient (Wildman–Crippen LogP) is 0.993. The predicted molar refractivity (Wildman–Crippen MR) is 27.2 cm³/mol. The zero-order valence-electron chi connectivity index (χ0n) is 3.33. The van der Waals surface area contributed by atoms with E-state index in [9.17, 15) is 0 Å². The van der Waals surface area contributed by atoms with E-state index < -0.39 is 0 Å². The maximum atomic E-state index is 2.49. The van der Waals surface area contributed by atoms with Crippen LogP contribution in [0.2, 0.25) is 0 Å². The summed E-state index contributed by atoms with van der Waals surface area (Å²) in [5.74, 6) is 6.08. The second-order valence-electron chi connectivity index (χ2n) is 2.52. The maximum Gasteiger partial charge on any atom is 0.00805 e. The molecule has 2 bridgehead atoms. The van der Waals surface area contributed by atoms with E-state index >= 15 is 0 Å². The molecule has 6 heavy (non-hydrogen) atoms. The lowest BCUT2D eigenvalue weighted by Gasteiger charge is -1.83. The van der Waals surface area contributed by atoms with Gasteiger partial charge in [-0.2, -0.15) is 0 Å². The number of rotatable bonds is 0. The van der Waals surface area contributed by atoms with E-state index in [1.54, 1.807) is 8.20 Å². The molecule has 0 nitrogen and oxygen atoms in total. The molecule has 2 unspecified atom stereocenters. The minimum Gasteiger partial charge on any atom is -0.105 e. The lowest BCUT2D eigenvalue weighted by molar-refractivity contribution is 0.840. The highest BCUT2D eigenvalue weighted by Gasteiger charge is 2.74. The molecule has 0 aromatic heterocycles. The molecular formula is C5H5P. The molecule has 0 spiro atoms. The number of hydrogen-bond donors (Lipinski definition) is 0. The van der Waals surface area contributed by atoms with Gasteiger partial charge >= 0.3 is 0 Å². The normalized spacial score (nSPS) is 80.0. The highest BCUT2D eigenvalue weighted by atomic mass is 31.1. The largest absolute Gasteiger partial charge is 0.105 e. The molecule has 2 fully saturated rings. The van der Waals surface area contributed by atoms with E-state index in [0.29, 0.717) is 0 Å². The molecule has 1 heteroatoms. The van der Waals surface area contributed by atoms with Crippen LogP contribution in [-0.4, -0.2) is 11.5 Å². The zero-order valence-corrected chi connectivity index (χ0v) is 4.23. The standard InChI is InChI=1S/C5H5P/c1-2-3-4(2)5(3)6-1/h1-5H. The van der Waals surface area contributed by atoms with E-state index in [1.807, 2.05) is 0 Å². The third-order valence-electron chi connectivity index (χ3n) is 2.27. The van der Waals surface area contributed by atoms with Crippen molar-refractivity contribution in [2.75, 3.05) is 0 Å². The molecule has 0 N–H and O–H groups in total. The topological polar surface area (TPSA) is 0 Å². The molecule has 2 aliphatic heterocycles. The molecule has 4 rings (SSSR count). The molecule has 2 heterocycles. The maximum absolute atomic E-state index is 2.49. The van der Waals surface area contributed by atoms with Crippen molar-refractivity contribution in [3.05, 3.63) is 0 Å². The van der Waals surface area contributed by atoms with Crippen LogP contribution in [-0.2, 0) is 0 Å². The summed E-state index contributed by atoms with van der Waals surface area (Å²) in [4.78, 5) is 0. The molecule has 2 aliphatic carbocycles. The van der Waals surface area contributed by atoms with Crippen LogP contribution in [0.5, 0.6) is 0 Å². The minimum absolute atomic E-state index is 1.14. The molecular weight excluding hydrogens is 91.0 g/mol. The fraction of sp³-hybridized carbons (Fsp3) is 0.800. The Morgan fingerprint density at radius 2 is 2.17 bits per heavy atom. The Balaban J connectivity index is 2.35. The summed E-state index contributed by atoms with van der Waals surface area (Å²) in [6.45, 7) is 0. The van der Waals surface area contributed by atoms with Gasteiger partial charge in [0, 0.05) is 5.66 Å². The first kappa shape index (κ1) is 2.47. The zero-order chi connectivity index (χ0) is 3.72. The third-order valence-corrected chi connectivity index (χ3v) is 3.82. The average Bonchev–Trinajstić information content (AvgIpc) is 2.30. The van der Waals surface area contributed by atoms with Gasteiger partial charge in [-0.25, -0.2) is 0 Å². The molecule has 4 aliphatic rings. The quantitative estimate of drug-likeness (QED) is 0.394. The highest BCUT2D eigenvalue weighted by molar-refractivity contribution is 7.41. The van der Waals surface area contributed by atoms with E-state index in [2.05, 4.69) is 5.80 Å². The Kier molecular flexibility index (Phi) is 0.184. The summed E-state index contributed by atoms with van der Waals surface area (Å²) in [7, 11) is 1.68. The van der Waals surface area contributed by atoms with Gasteiger partial charge in [-0.1, -0.05) is 5.80 Å². The minimum atomic E-state index is 1.14. The average molecular weight is 96.1 g/mol. The molecule has 0 amide bonds. The number of hydrogen-bond acceptors (Lipinski definition) is 0. The van der Waals surface area contributed by atoms with Gasteiger partial charge in [-0.15, -0.1) is 8.20 Å². The Morgan fingerprint density at radius 1 is 1.33 bits per heavy atom. The molecule has 2 saturated carbocycles. The molecule has 0 radical (unpaired) electrons. The third kappa shape index (κ3) is 0.0935. The summed E-state index contributed by atoms with van der Waals surface area (Å²) in [6.07, 6.45) is 0. The smallest absolute Gasteiger partial charge is 0.00805 e. The molecule has 0 aromatic rings. The van der Waals surface area contributed by atoms with Crippen LogP contribution in [0.25, 0.3) is 0 Å². The SMILES string of the molecule is C1=PC2C3C1C23. The van der Waals surface area contributed by atoms with Gasteiger partial charge in [0.15, 0.2) is 0 Å². The van der Waals surface area contributed by atoms with Crippen molar-refractivity contribution in [2.45, 2.75) is 5.66 Å². The van der Waals surface area contributed by atoms with Gasteiger partial charge in [-0.3, -0.25) is 0 Å². The summed E-state index contributed by atoms with van der Waals surface area (Å²) in [5.41, 5.74) is 1.19. The summed E-state index contributed by atoms with van der Waals surface area (Å²) in [6, 6.07) is 0. The van der Waals surface area contributed by atoms with E-state index in [0.717, 1.165) is 5.92 Å². The molecule has 30 valence electrons. The van der Waals surface area contributed by atoms with Crippen LogP contribution in [0, 0.1) is 17.8 Å². The lowest BCUT2D eigenvalue weighted by atomic mass is 10.2. The molecule has 0 saturated heterocycles. The van der Waals surface area contributed by atoms with Gasteiger partial charge in [0.2, 0.25) is 0 Å². The van der Waals surface area contributed by atoms with Crippen LogP contribution in [0.15, 0.2) is 0 Å². The van der Waals surface area contributed by atoms with E-state index in [4.69, 9.17) is 0 Å². The fourth-order valence-electron chi connectivity index (χ4n) is 1.63.